The molecule has 0 aromatic carbocycles. The molecule has 0 radical (unpaired) electrons. The first kappa shape index (κ1) is 44.1. The van der Waals surface area contributed by atoms with Gasteiger partial charge in [0, 0.05) is 75.2 Å². The number of aromatic nitrogens is 6. The van der Waals surface area contributed by atoms with Crippen LogP contribution in [0.25, 0.3) is 11.3 Å². The lowest BCUT2D eigenvalue weighted by molar-refractivity contribution is 0.0845. The van der Waals surface area contributed by atoms with Crippen LogP contribution in [-0.2, 0) is 15.9 Å². The SMILES string of the molecule is CC(COc1cc2nc(C3CCOCC3)cn2cc1NC(=O)c1cccc(C(F)F)n1)Cc1ccc(C(F)F)nc1C(=O)Nc1cn2cc(C3CCOCC3)nc2cc1OC1CCCC1. The van der Waals surface area contributed by atoms with Gasteiger partial charge in [-0.15, -0.1) is 0 Å². The topological polar surface area (TPSA) is 155 Å². The summed E-state index contributed by atoms with van der Waals surface area (Å²) in [5.41, 5.74) is 2.56. The molecule has 8 heterocycles. The van der Waals surface area contributed by atoms with Crippen molar-refractivity contribution in [2.24, 2.45) is 5.92 Å². The third-order valence-electron chi connectivity index (χ3n) is 12.3. The highest BCUT2D eigenvalue weighted by atomic mass is 19.3. The number of hydrogen-bond donors (Lipinski definition) is 2. The fraction of sp³-hybridized carbons (Fsp3) is 0.447. The fourth-order valence-electron chi connectivity index (χ4n) is 8.76. The molecule has 3 fully saturated rings. The van der Waals surface area contributed by atoms with Gasteiger partial charge in [0.1, 0.15) is 56.9 Å². The number of halogens is 4. The van der Waals surface area contributed by atoms with Gasteiger partial charge in [-0.1, -0.05) is 19.1 Å². The molecule has 2 amide bonds. The van der Waals surface area contributed by atoms with E-state index in [-0.39, 0.29) is 59.7 Å². The second-order valence-electron chi connectivity index (χ2n) is 17.1. The van der Waals surface area contributed by atoms with Crippen LogP contribution in [0.5, 0.6) is 11.5 Å². The summed E-state index contributed by atoms with van der Waals surface area (Å²) in [5, 5.41) is 5.71. The van der Waals surface area contributed by atoms with Gasteiger partial charge in [-0.3, -0.25) is 9.59 Å². The Balaban J connectivity index is 0.967. The highest BCUT2D eigenvalue weighted by Gasteiger charge is 2.26. The maximum Gasteiger partial charge on any atom is 0.280 e. The van der Waals surface area contributed by atoms with Crippen LogP contribution in [-0.4, -0.2) is 79.7 Å². The predicted molar refractivity (Wildman–Crippen MR) is 232 cm³/mol. The standard InChI is InChI=1S/C47H50F4N8O6/c1-27(26-64-39-20-41-53-35(28-11-15-62-16-12-28)22-58(41)24-37(39)56-46(60)34-8-4-7-32(52-34)44(48)49)19-30-9-10-33(45(50)51)55-43(30)47(61)57-38-25-59-23-36(29-13-17-63-18-14-29)54-42(59)21-40(38)65-31-5-2-3-6-31/h4,7-10,20-25,27-29,31,44-45H,2-3,5-6,11-19,26H2,1H3,(H,56,60)(H,57,61). The van der Waals surface area contributed by atoms with Crippen LogP contribution in [0, 0.1) is 5.92 Å². The van der Waals surface area contributed by atoms with Crippen molar-refractivity contribution in [3.63, 3.8) is 0 Å². The molecule has 3 aliphatic rings. The molecule has 1 unspecified atom stereocenters. The van der Waals surface area contributed by atoms with E-state index in [1.54, 1.807) is 28.9 Å². The highest BCUT2D eigenvalue weighted by Crippen LogP contribution is 2.35. The number of carbonyl (C=O) groups excluding carboxylic acids is 2. The summed E-state index contributed by atoms with van der Waals surface area (Å²) >= 11 is 0. The molecule has 1 atom stereocenters. The molecule has 342 valence electrons. The second kappa shape index (κ2) is 19.5. The van der Waals surface area contributed by atoms with Crippen LogP contribution in [0.15, 0.2) is 67.3 Å². The van der Waals surface area contributed by atoms with Crippen LogP contribution in [0.3, 0.4) is 0 Å². The molecule has 14 nitrogen and oxygen atoms in total. The second-order valence-corrected chi connectivity index (χ2v) is 17.1. The Morgan fingerprint density at radius 2 is 1.28 bits per heavy atom. The van der Waals surface area contributed by atoms with E-state index >= 15 is 0 Å². The molecule has 0 spiro atoms. The Bertz CT molecular complexity index is 2660. The van der Waals surface area contributed by atoms with E-state index < -0.39 is 36.1 Å². The minimum Gasteiger partial charge on any atom is -0.491 e. The number of amides is 2. The summed E-state index contributed by atoms with van der Waals surface area (Å²) in [6.45, 7) is 4.48. The zero-order chi connectivity index (χ0) is 45.0. The lowest BCUT2D eigenvalue weighted by Crippen LogP contribution is -2.21. The van der Waals surface area contributed by atoms with Crippen molar-refractivity contribution in [1.29, 1.82) is 0 Å². The number of fused-ring (bicyclic) bond motifs is 2. The van der Waals surface area contributed by atoms with Crippen LogP contribution in [0.2, 0.25) is 0 Å². The van der Waals surface area contributed by atoms with Crippen LogP contribution < -0.4 is 20.1 Å². The van der Waals surface area contributed by atoms with E-state index in [1.165, 1.54) is 24.3 Å². The van der Waals surface area contributed by atoms with Gasteiger partial charge in [0.25, 0.3) is 24.7 Å². The van der Waals surface area contributed by atoms with E-state index in [0.717, 1.165) is 68.8 Å². The normalized spacial score (nSPS) is 17.0. The average Bonchev–Trinajstić information content (AvgIpc) is 4.09. The summed E-state index contributed by atoms with van der Waals surface area (Å²) in [6.07, 6.45) is 8.70. The number of anilines is 2. The number of nitrogens with one attached hydrogen (secondary N) is 2. The van der Waals surface area contributed by atoms with E-state index in [1.807, 2.05) is 23.7 Å². The molecular weight excluding hydrogens is 849 g/mol. The molecular formula is C47H50F4N8O6. The van der Waals surface area contributed by atoms with Gasteiger partial charge < -0.3 is 38.4 Å². The number of imidazole rings is 2. The number of ether oxygens (including phenoxy) is 4. The number of hydrogen-bond acceptors (Lipinski definition) is 10. The van der Waals surface area contributed by atoms with Crippen molar-refractivity contribution in [1.82, 2.24) is 28.7 Å². The van der Waals surface area contributed by atoms with E-state index in [4.69, 9.17) is 28.9 Å². The molecule has 2 aliphatic heterocycles. The zero-order valence-corrected chi connectivity index (χ0v) is 35.9. The molecule has 6 aromatic heterocycles. The monoisotopic (exact) mass is 898 g/mol. The van der Waals surface area contributed by atoms with Gasteiger partial charge in [0.05, 0.1) is 24.1 Å². The number of carbonyl (C=O) groups is 2. The minimum atomic E-state index is -2.92. The highest BCUT2D eigenvalue weighted by molar-refractivity contribution is 6.05. The summed E-state index contributed by atoms with van der Waals surface area (Å²) in [4.78, 5) is 45.4. The van der Waals surface area contributed by atoms with Crippen LogP contribution in [0.4, 0.5) is 28.9 Å². The molecule has 2 saturated heterocycles. The first-order valence-electron chi connectivity index (χ1n) is 22.2. The first-order chi connectivity index (χ1) is 31.5. The molecule has 9 rings (SSSR count). The third-order valence-corrected chi connectivity index (χ3v) is 12.3. The Morgan fingerprint density at radius 1 is 0.708 bits per heavy atom. The van der Waals surface area contributed by atoms with Crippen molar-refractivity contribution < 1.29 is 46.1 Å². The van der Waals surface area contributed by atoms with E-state index in [9.17, 15) is 27.2 Å². The van der Waals surface area contributed by atoms with E-state index in [0.29, 0.717) is 54.7 Å². The van der Waals surface area contributed by atoms with Crippen LogP contribution >= 0.6 is 0 Å². The lowest BCUT2D eigenvalue weighted by Gasteiger charge is -2.19. The summed E-state index contributed by atoms with van der Waals surface area (Å²) < 4.78 is 82.7. The molecule has 6 aromatic rings. The van der Waals surface area contributed by atoms with Gasteiger partial charge in [0.2, 0.25) is 0 Å². The van der Waals surface area contributed by atoms with Crippen molar-refractivity contribution >= 4 is 34.5 Å². The van der Waals surface area contributed by atoms with Crippen LogP contribution in [0.1, 0.15) is 132 Å². The van der Waals surface area contributed by atoms with Crippen molar-refractivity contribution in [2.75, 3.05) is 43.7 Å². The minimum absolute atomic E-state index is 0.0415. The van der Waals surface area contributed by atoms with Crippen molar-refractivity contribution in [3.8, 4) is 11.5 Å². The Morgan fingerprint density at radius 3 is 1.89 bits per heavy atom. The van der Waals surface area contributed by atoms with Gasteiger partial charge in [-0.05, 0) is 87.5 Å². The third kappa shape index (κ3) is 10.2. The van der Waals surface area contributed by atoms with Gasteiger partial charge in [0.15, 0.2) is 0 Å². The number of rotatable bonds is 15. The molecule has 1 saturated carbocycles. The fourth-order valence-corrected chi connectivity index (χ4v) is 8.76. The van der Waals surface area contributed by atoms with E-state index in [2.05, 4.69) is 20.6 Å². The Kier molecular flexibility index (Phi) is 13.2. The Labute approximate surface area is 372 Å². The van der Waals surface area contributed by atoms with Crippen molar-refractivity contribution in [3.05, 3.63) is 107 Å². The maximum atomic E-state index is 14.3. The summed E-state index contributed by atoms with van der Waals surface area (Å²) in [6, 6.07) is 10.0. The largest absolute Gasteiger partial charge is 0.491 e. The lowest BCUT2D eigenvalue weighted by atomic mass is 9.97. The summed E-state index contributed by atoms with van der Waals surface area (Å²) in [7, 11) is 0. The quantitative estimate of drug-likeness (QED) is 0.0953. The molecule has 0 bridgehead atoms. The number of nitrogens with zero attached hydrogens (tertiary/aromatic N) is 6. The summed E-state index contributed by atoms with van der Waals surface area (Å²) in [5.74, 6) is -0.631. The Hall–Kier alpha value is -6.14. The number of alkyl halides is 4. The molecule has 2 N–H and O–H groups in total. The molecule has 65 heavy (non-hydrogen) atoms. The smallest absolute Gasteiger partial charge is 0.280 e. The van der Waals surface area contributed by atoms with Gasteiger partial charge in [-0.25, -0.2) is 37.5 Å². The molecule has 18 heteroatoms. The first-order valence-corrected chi connectivity index (χ1v) is 22.2. The average molecular weight is 899 g/mol. The van der Waals surface area contributed by atoms with Crippen molar-refractivity contribution in [2.45, 2.75) is 95.5 Å². The zero-order valence-electron chi connectivity index (χ0n) is 35.9. The molecule has 1 aliphatic carbocycles. The van der Waals surface area contributed by atoms with Gasteiger partial charge >= 0.3 is 0 Å². The maximum absolute atomic E-state index is 14.3. The predicted octanol–water partition coefficient (Wildman–Crippen LogP) is 9.52. The van der Waals surface area contributed by atoms with Gasteiger partial charge in [-0.2, -0.15) is 0 Å². The number of pyridine rings is 4.